The Labute approximate surface area is 167 Å². The smallest absolute Gasteiger partial charge is 0.278 e. The molecule has 1 saturated heterocycles. The molecule has 0 unspecified atom stereocenters. The van der Waals surface area contributed by atoms with Gasteiger partial charge in [-0.2, -0.15) is 4.98 Å². The maximum Gasteiger partial charge on any atom is 0.278 e. The van der Waals surface area contributed by atoms with Crippen LogP contribution >= 0.6 is 11.6 Å². The van der Waals surface area contributed by atoms with Crippen molar-refractivity contribution in [2.24, 2.45) is 0 Å². The van der Waals surface area contributed by atoms with Crippen molar-refractivity contribution in [2.75, 3.05) is 6.54 Å². The summed E-state index contributed by atoms with van der Waals surface area (Å²) in [6.45, 7) is 6.79. The highest BCUT2D eigenvalue weighted by Crippen LogP contribution is 2.43. The van der Waals surface area contributed by atoms with Crippen molar-refractivity contribution in [1.29, 1.82) is 0 Å². The average molecular weight is 398 g/mol. The number of imidazole rings is 1. The molecule has 1 fully saturated rings. The van der Waals surface area contributed by atoms with Crippen LogP contribution in [0.3, 0.4) is 0 Å². The predicted octanol–water partition coefficient (Wildman–Crippen LogP) is 4.16. The number of fused-ring (bicyclic) bond motifs is 5. The molecule has 0 spiro atoms. The number of carbonyl (C=O) groups is 1. The molecule has 1 atom stereocenters. The van der Waals surface area contributed by atoms with Crippen molar-refractivity contribution < 1.29 is 9.32 Å². The van der Waals surface area contributed by atoms with Gasteiger partial charge in [0.1, 0.15) is 6.33 Å². The normalized spacial score (nSPS) is 18.6. The van der Waals surface area contributed by atoms with E-state index in [1.165, 1.54) is 0 Å². The second kappa shape index (κ2) is 5.91. The van der Waals surface area contributed by atoms with Crippen LogP contribution in [0, 0.1) is 0 Å². The van der Waals surface area contributed by atoms with Gasteiger partial charge in [-0.15, -0.1) is 0 Å². The van der Waals surface area contributed by atoms with Crippen molar-refractivity contribution in [3.05, 3.63) is 46.6 Å². The minimum atomic E-state index is -0.228. The molecule has 2 aliphatic heterocycles. The molecule has 28 heavy (non-hydrogen) atoms. The Morgan fingerprint density at radius 1 is 1.29 bits per heavy atom. The summed E-state index contributed by atoms with van der Waals surface area (Å²) in [5.74, 6) is 0.961. The molecule has 144 valence electrons. The third kappa shape index (κ3) is 2.42. The molecule has 0 radical (unpaired) electrons. The van der Waals surface area contributed by atoms with Gasteiger partial charge in [0.25, 0.3) is 11.8 Å². The van der Waals surface area contributed by atoms with Gasteiger partial charge in [0.15, 0.2) is 11.5 Å². The molecule has 8 heteroatoms. The van der Waals surface area contributed by atoms with E-state index in [1.807, 2.05) is 42.4 Å². The van der Waals surface area contributed by atoms with Crippen LogP contribution in [0.25, 0.3) is 17.3 Å². The van der Waals surface area contributed by atoms with Crippen LogP contribution in [0.2, 0.25) is 5.02 Å². The lowest BCUT2D eigenvalue weighted by molar-refractivity contribution is 0.0739. The van der Waals surface area contributed by atoms with Gasteiger partial charge in [-0.1, -0.05) is 43.6 Å². The Morgan fingerprint density at radius 3 is 2.86 bits per heavy atom. The summed E-state index contributed by atoms with van der Waals surface area (Å²) in [6, 6.07) is 5.39. The zero-order valence-electron chi connectivity index (χ0n) is 15.9. The topological polar surface area (TPSA) is 77.0 Å². The second-order valence-electron chi connectivity index (χ2n) is 8.31. The van der Waals surface area contributed by atoms with Crippen LogP contribution in [-0.4, -0.2) is 37.0 Å². The van der Waals surface area contributed by atoms with E-state index in [1.54, 1.807) is 12.4 Å². The first-order valence-electron chi connectivity index (χ1n) is 9.38. The van der Waals surface area contributed by atoms with Gasteiger partial charge in [0.2, 0.25) is 0 Å². The lowest BCUT2D eigenvalue weighted by atomic mass is 9.96. The highest BCUT2D eigenvalue weighted by molar-refractivity contribution is 6.34. The van der Waals surface area contributed by atoms with E-state index < -0.39 is 0 Å². The molecule has 0 aliphatic carbocycles. The predicted molar refractivity (Wildman–Crippen MR) is 104 cm³/mol. The SMILES string of the molecule is CC(C)(C)c1noc(-c2ncn3c2[C@@H]2CCCN2C(=O)c2c(Cl)cccc2-3)n1. The number of rotatable bonds is 1. The Morgan fingerprint density at radius 2 is 2.11 bits per heavy atom. The van der Waals surface area contributed by atoms with Gasteiger partial charge in [-0.3, -0.25) is 9.36 Å². The molecule has 0 saturated carbocycles. The zero-order chi connectivity index (χ0) is 19.6. The highest BCUT2D eigenvalue weighted by Gasteiger charge is 2.40. The first-order chi connectivity index (χ1) is 13.4. The Balaban J connectivity index is 1.75. The first-order valence-corrected chi connectivity index (χ1v) is 9.75. The van der Waals surface area contributed by atoms with Crippen LogP contribution in [0.5, 0.6) is 0 Å². The molecule has 3 aromatic rings. The second-order valence-corrected chi connectivity index (χ2v) is 8.72. The van der Waals surface area contributed by atoms with Crippen molar-refractivity contribution in [3.63, 3.8) is 0 Å². The molecule has 0 N–H and O–H groups in total. The number of hydrogen-bond donors (Lipinski definition) is 0. The summed E-state index contributed by atoms with van der Waals surface area (Å²) < 4.78 is 7.51. The number of aromatic nitrogens is 4. The Hall–Kier alpha value is -2.67. The van der Waals surface area contributed by atoms with Crippen molar-refractivity contribution in [1.82, 2.24) is 24.6 Å². The maximum atomic E-state index is 13.2. The summed E-state index contributed by atoms with van der Waals surface area (Å²) in [5, 5.41) is 4.59. The summed E-state index contributed by atoms with van der Waals surface area (Å²) in [6.07, 6.45) is 3.50. The van der Waals surface area contributed by atoms with E-state index >= 15 is 0 Å². The first kappa shape index (κ1) is 17.4. The number of halogens is 1. The molecule has 0 bridgehead atoms. The fraction of sp³-hybridized carbons (Fsp3) is 0.400. The quantitative estimate of drug-likeness (QED) is 0.616. The monoisotopic (exact) mass is 397 g/mol. The Kier molecular flexibility index (Phi) is 3.68. The van der Waals surface area contributed by atoms with Crippen LogP contribution in [0.4, 0.5) is 0 Å². The van der Waals surface area contributed by atoms with Gasteiger partial charge >= 0.3 is 0 Å². The van der Waals surface area contributed by atoms with Crippen molar-refractivity contribution in [2.45, 2.75) is 45.1 Å². The molecular weight excluding hydrogens is 378 g/mol. The summed E-state index contributed by atoms with van der Waals surface area (Å²) in [5.41, 5.74) is 2.54. The number of hydrogen-bond acceptors (Lipinski definition) is 5. The molecule has 1 aromatic carbocycles. The summed E-state index contributed by atoms with van der Waals surface area (Å²) >= 11 is 6.42. The standard InChI is InChI=1S/C20H20ClN5O2/c1-20(2,3)19-23-17(28-24-19)15-16-13-8-5-9-25(13)18(27)14-11(21)6-4-7-12(14)26(16)10-22-15/h4,6-7,10,13H,5,8-9H2,1-3H3/t13-/m0/s1. The number of amides is 1. The number of nitrogens with zero attached hydrogens (tertiary/aromatic N) is 5. The van der Waals surface area contributed by atoms with E-state index in [-0.39, 0.29) is 17.4 Å². The van der Waals surface area contributed by atoms with Crippen molar-refractivity contribution >= 4 is 17.5 Å². The Bertz CT molecular complexity index is 1090. The van der Waals surface area contributed by atoms with Gasteiger partial charge in [0, 0.05) is 12.0 Å². The van der Waals surface area contributed by atoms with Crippen LogP contribution < -0.4 is 0 Å². The van der Waals surface area contributed by atoms with Gasteiger partial charge in [-0.05, 0) is 25.0 Å². The molecule has 2 aromatic heterocycles. The average Bonchev–Trinajstić information content (AvgIpc) is 3.36. The van der Waals surface area contributed by atoms with Gasteiger partial charge in [-0.25, -0.2) is 4.98 Å². The molecule has 2 aliphatic rings. The van der Waals surface area contributed by atoms with Crippen LogP contribution in [0.1, 0.15) is 61.5 Å². The van der Waals surface area contributed by atoms with Crippen LogP contribution in [0.15, 0.2) is 29.0 Å². The lowest BCUT2D eigenvalue weighted by Crippen LogP contribution is -2.29. The largest absolute Gasteiger partial charge is 0.332 e. The minimum Gasteiger partial charge on any atom is -0.332 e. The third-order valence-corrected chi connectivity index (χ3v) is 5.71. The highest BCUT2D eigenvalue weighted by atomic mass is 35.5. The minimum absolute atomic E-state index is 0.0429. The molecule has 4 heterocycles. The molecule has 5 rings (SSSR count). The van der Waals surface area contributed by atoms with Gasteiger partial charge < -0.3 is 9.42 Å². The zero-order valence-corrected chi connectivity index (χ0v) is 16.7. The fourth-order valence-electron chi connectivity index (χ4n) is 4.02. The molecular formula is C20H20ClN5O2. The summed E-state index contributed by atoms with van der Waals surface area (Å²) in [7, 11) is 0. The van der Waals surface area contributed by atoms with E-state index in [0.29, 0.717) is 34.5 Å². The number of benzene rings is 1. The van der Waals surface area contributed by atoms with Crippen molar-refractivity contribution in [3.8, 4) is 17.3 Å². The lowest BCUT2D eigenvalue weighted by Gasteiger charge is -2.22. The van der Waals surface area contributed by atoms with Crippen LogP contribution in [-0.2, 0) is 5.41 Å². The summed E-state index contributed by atoms with van der Waals surface area (Å²) in [4.78, 5) is 24.3. The van der Waals surface area contributed by atoms with E-state index in [4.69, 9.17) is 16.1 Å². The van der Waals surface area contributed by atoms with E-state index in [2.05, 4.69) is 15.1 Å². The van der Waals surface area contributed by atoms with E-state index in [0.717, 1.165) is 24.2 Å². The number of carbonyl (C=O) groups excluding carboxylic acids is 1. The third-order valence-electron chi connectivity index (χ3n) is 5.40. The molecule has 1 amide bonds. The van der Waals surface area contributed by atoms with E-state index in [9.17, 15) is 4.79 Å². The fourth-order valence-corrected chi connectivity index (χ4v) is 4.27. The maximum absolute atomic E-state index is 13.2. The molecule has 7 nitrogen and oxygen atoms in total. The van der Waals surface area contributed by atoms with Gasteiger partial charge in [0.05, 0.1) is 28.0 Å².